The number of nitrogens with zero attached hydrogens (tertiary/aromatic N) is 1. The van der Waals surface area contributed by atoms with E-state index in [2.05, 4.69) is 118 Å². The van der Waals surface area contributed by atoms with Crippen LogP contribution in [0.2, 0.25) is 0 Å². The number of nitrogens with one attached hydrogen (secondary N) is 3. The zero-order chi connectivity index (χ0) is 57.1. The molecule has 10 aliphatic rings. The second kappa shape index (κ2) is 19.9. The Morgan fingerprint density at radius 2 is 1.62 bits per heavy atom. The molecular weight excluding hydrogens is 1020 g/mol. The Kier molecular flexibility index (Phi) is 13.6. The highest BCUT2D eigenvalue weighted by molar-refractivity contribution is 6.04. The second-order valence-corrected chi connectivity index (χ2v) is 31.0. The fraction of sp³-hybridized carbons (Fsp3) is 0.722. The molecular formula is C72H100N4O6. The molecule has 10 nitrogen and oxygen atoms in total. The lowest BCUT2D eigenvalue weighted by Gasteiger charge is -2.76. The molecule has 2 saturated heterocycles. The summed E-state index contributed by atoms with van der Waals surface area (Å²) in [7, 11) is 2.03. The minimum atomic E-state index is -0.793. The number of aromatic nitrogens is 3. The highest BCUT2D eigenvalue weighted by Crippen LogP contribution is 2.84. The number of rotatable bonds is 14. The van der Waals surface area contributed by atoms with Crippen LogP contribution in [0.5, 0.6) is 0 Å². The number of carbonyl (C=O) groups excluding carboxylic acids is 2. The van der Waals surface area contributed by atoms with E-state index in [1.54, 1.807) is 0 Å². The summed E-state index contributed by atoms with van der Waals surface area (Å²) in [6, 6.07) is 9.91. The zero-order valence-electron chi connectivity index (χ0n) is 51.5. The maximum absolute atomic E-state index is 16.8. The van der Waals surface area contributed by atoms with Crippen molar-refractivity contribution in [3.8, 4) is 0 Å². The molecule has 3 aliphatic heterocycles. The van der Waals surface area contributed by atoms with Crippen molar-refractivity contribution < 1.29 is 29.3 Å². The molecule has 7 fully saturated rings. The number of H-pyrrole nitrogens is 2. The summed E-state index contributed by atoms with van der Waals surface area (Å²) in [6.45, 7) is 21.8. The van der Waals surface area contributed by atoms with E-state index in [9.17, 15) is 10.2 Å². The predicted octanol–water partition coefficient (Wildman–Crippen LogP) is 14.1. The highest BCUT2D eigenvalue weighted by atomic mass is 16.6. The summed E-state index contributed by atoms with van der Waals surface area (Å²) in [5.74, 6) is 1.15. The molecule has 15 atom stereocenters. The SMILES string of the molecule is CCCCCC1C(=O)C2=C3C(Cn4cc(Cc5cc(C6CCCCC6)cc(C6CCOCC6)c5)c5[nH]cc(c54)CCC2(C)CC(O)C2OC2(C)C)C(O)C2C(C)(CCC4C(C)(CCNC)C(=O)C5c6cc[nH]c6C6CCC5(C6)C42C)C31C. The summed E-state index contributed by atoms with van der Waals surface area (Å²) < 4.78 is 14.7. The number of Topliss-reactive ketones (excluding diaryl/α,β-unsaturated/α-hetero) is 2. The van der Waals surface area contributed by atoms with Gasteiger partial charge in [-0.05, 0) is 214 Å². The average Bonchev–Trinajstić information content (AvgIpc) is 1.18. The van der Waals surface area contributed by atoms with E-state index in [-0.39, 0.29) is 46.9 Å². The minimum Gasteiger partial charge on any atom is -0.392 e. The van der Waals surface area contributed by atoms with Crippen LogP contribution in [0.25, 0.3) is 11.0 Å². The molecule has 1 aromatic carbocycles. The second-order valence-electron chi connectivity index (χ2n) is 31.0. The number of hydrogen-bond donors (Lipinski definition) is 5. The van der Waals surface area contributed by atoms with Crippen molar-refractivity contribution in [2.75, 3.05) is 26.8 Å². The van der Waals surface area contributed by atoms with Crippen LogP contribution in [0.15, 0.2) is 54.0 Å². The van der Waals surface area contributed by atoms with Gasteiger partial charge < -0.3 is 39.5 Å². The number of ether oxygens (including phenoxy) is 2. The third-order valence-corrected chi connectivity index (χ3v) is 26.8. The number of aryl methyl sites for hydroxylation is 1. The van der Waals surface area contributed by atoms with Crippen molar-refractivity contribution in [2.24, 2.45) is 56.2 Å². The molecule has 6 heterocycles. The van der Waals surface area contributed by atoms with Crippen molar-refractivity contribution in [2.45, 2.75) is 244 Å². The number of hydrogen-bond acceptors (Lipinski definition) is 7. The number of allylic oxidation sites excluding steroid dienone is 1. The Morgan fingerprint density at radius 1 is 0.878 bits per heavy atom. The van der Waals surface area contributed by atoms with Crippen molar-refractivity contribution in [3.05, 3.63) is 93.1 Å². The number of aliphatic hydroxyl groups excluding tert-OH is 2. The predicted molar refractivity (Wildman–Crippen MR) is 324 cm³/mol. The van der Waals surface area contributed by atoms with E-state index in [1.807, 2.05) is 7.05 Å². The smallest absolute Gasteiger partial charge is 0.163 e. The first-order valence-electron chi connectivity index (χ1n) is 33.4. The van der Waals surface area contributed by atoms with Gasteiger partial charge in [0.2, 0.25) is 0 Å². The normalized spacial score (nSPS) is 39.9. The van der Waals surface area contributed by atoms with E-state index < -0.39 is 44.9 Å². The molecule has 2 bridgehead atoms. The Hall–Kier alpha value is -3.80. The molecule has 14 rings (SSSR count). The lowest BCUT2D eigenvalue weighted by atomic mass is 9.27. The molecule has 1 spiro atoms. The molecule has 10 heteroatoms. The molecule has 15 unspecified atom stereocenters. The molecule has 3 aromatic heterocycles. The summed E-state index contributed by atoms with van der Waals surface area (Å²) in [6.07, 6.45) is 25.7. The topological polar surface area (TPSA) is 145 Å². The molecule has 5 saturated carbocycles. The van der Waals surface area contributed by atoms with Gasteiger partial charge in [-0.25, -0.2) is 0 Å². The number of benzene rings is 1. The number of epoxide rings is 1. The molecule has 444 valence electrons. The number of fused-ring (bicyclic) bond motifs is 8. The quantitative estimate of drug-likeness (QED) is 0.0624. The van der Waals surface area contributed by atoms with Crippen molar-refractivity contribution in [1.29, 1.82) is 0 Å². The monoisotopic (exact) mass is 1120 g/mol. The first-order valence-corrected chi connectivity index (χ1v) is 33.4. The summed E-state index contributed by atoms with van der Waals surface area (Å²) >= 11 is 0. The first-order chi connectivity index (χ1) is 39.3. The van der Waals surface area contributed by atoms with Gasteiger partial charge in [0.25, 0.3) is 0 Å². The number of carbonyl (C=O) groups is 2. The average molecular weight is 1120 g/mol. The van der Waals surface area contributed by atoms with Gasteiger partial charge >= 0.3 is 0 Å². The van der Waals surface area contributed by atoms with Gasteiger partial charge in [0, 0.05) is 78.7 Å². The van der Waals surface area contributed by atoms with Gasteiger partial charge in [-0.15, -0.1) is 0 Å². The van der Waals surface area contributed by atoms with Crippen molar-refractivity contribution >= 4 is 22.6 Å². The number of ketones is 2. The largest absolute Gasteiger partial charge is 0.392 e. The summed E-state index contributed by atoms with van der Waals surface area (Å²) in [4.78, 5) is 40.6. The van der Waals surface area contributed by atoms with E-state index in [4.69, 9.17) is 9.47 Å². The molecule has 7 aliphatic carbocycles. The van der Waals surface area contributed by atoms with Crippen LogP contribution in [-0.4, -0.2) is 87.0 Å². The van der Waals surface area contributed by atoms with Crippen LogP contribution < -0.4 is 5.32 Å². The maximum atomic E-state index is 16.8. The lowest BCUT2D eigenvalue weighted by molar-refractivity contribution is -0.271. The zero-order valence-corrected chi connectivity index (χ0v) is 51.5. The lowest BCUT2D eigenvalue weighted by Crippen LogP contribution is -2.74. The molecule has 0 radical (unpaired) electrons. The summed E-state index contributed by atoms with van der Waals surface area (Å²) in [5.41, 5.74) is 10.4. The maximum Gasteiger partial charge on any atom is 0.163 e. The Labute approximate surface area is 489 Å². The molecule has 82 heavy (non-hydrogen) atoms. The standard InChI is InChI=1S/C72H100N4O6/c1-10-11-13-18-52-62(79)57-55-51(61(78)63-69(6,70(52,55)7)26-21-54-68(5,28-30-73-9)64(80)56-50-22-29-74-58(50)45-20-27-72(56,37-45)71(54,63)8)41-76-40-49(59-60(76)46(39-75-59)19-25-67(57,4)38-53(77)65-66(2,3)82-65)35-42-33-47(43-16-14-12-15-17-43)36-48(34-42)44-23-31-81-32-24-44/h22,29,33-34,36,39-40,43-45,51-54,56,61,63,65,73-75,77-78H,10-21,23-28,30-32,35,37-38,41H2,1-9H3. The van der Waals surface area contributed by atoms with Crippen LogP contribution >= 0.6 is 0 Å². The third-order valence-electron chi connectivity index (χ3n) is 26.8. The van der Waals surface area contributed by atoms with Crippen LogP contribution in [0.4, 0.5) is 0 Å². The molecule has 4 aromatic rings. The highest BCUT2D eigenvalue weighted by Gasteiger charge is 2.81. The van der Waals surface area contributed by atoms with Crippen LogP contribution in [0, 0.1) is 56.2 Å². The Balaban J connectivity index is 0.971. The van der Waals surface area contributed by atoms with Crippen molar-refractivity contribution in [3.63, 3.8) is 0 Å². The van der Waals surface area contributed by atoms with Crippen LogP contribution in [-0.2, 0) is 38.4 Å². The van der Waals surface area contributed by atoms with Crippen molar-refractivity contribution in [1.82, 2.24) is 19.9 Å². The fourth-order valence-electron chi connectivity index (χ4n) is 22.7. The van der Waals surface area contributed by atoms with Gasteiger partial charge in [-0.1, -0.05) is 98.3 Å². The van der Waals surface area contributed by atoms with Crippen LogP contribution in [0.3, 0.4) is 0 Å². The van der Waals surface area contributed by atoms with E-state index in [0.29, 0.717) is 42.9 Å². The minimum absolute atomic E-state index is 0.0618. The van der Waals surface area contributed by atoms with E-state index in [0.717, 1.165) is 115 Å². The van der Waals surface area contributed by atoms with Gasteiger partial charge in [-0.2, -0.15) is 0 Å². The Bertz CT molecular complexity index is 3150. The Morgan fingerprint density at radius 3 is 2.34 bits per heavy atom. The van der Waals surface area contributed by atoms with E-state index in [1.165, 1.54) is 87.8 Å². The number of aliphatic hydroxyl groups is 2. The van der Waals surface area contributed by atoms with E-state index >= 15 is 9.59 Å². The van der Waals surface area contributed by atoms with Crippen LogP contribution in [0.1, 0.15) is 240 Å². The summed E-state index contributed by atoms with van der Waals surface area (Å²) in [5, 5.41) is 30.9. The van der Waals surface area contributed by atoms with Gasteiger partial charge in [0.1, 0.15) is 11.9 Å². The number of unbranched alkanes of at least 4 members (excludes halogenated alkanes) is 2. The van der Waals surface area contributed by atoms with Gasteiger partial charge in [0.15, 0.2) is 5.78 Å². The fourth-order valence-corrected chi connectivity index (χ4v) is 22.7. The first kappa shape index (κ1) is 56.0. The molecule has 0 amide bonds. The van der Waals surface area contributed by atoms with Gasteiger partial charge in [0.05, 0.1) is 34.8 Å². The molecule has 5 N–H and O–H groups in total. The number of aromatic amines is 2. The van der Waals surface area contributed by atoms with Gasteiger partial charge in [-0.3, -0.25) is 9.59 Å². The third kappa shape index (κ3) is 7.86.